The standard InChI is InChI=1S/C16H18ClF2N5O2/c1-2-3-15(25)20-10-4-5-11(17)12(8-10)21-16(26)22-14-6-7-24(23-14)9-13(18)19/h4-8,13H,2-3,9H2,1H3,(H,20,25)(H2,21,22,23,26). The number of nitrogens with zero attached hydrogens (tertiary/aromatic N) is 2. The summed E-state index contributed by atoms with van der Waals surface area (Å²) in [4.78, 5) is 23.7. The Kier molecular flexibility index (Phi) is 6.90. The van der Waals surface area contributed by atoms with Gasteiger partial charge in [-0.05, 0) is 24.6 Å². The van der Waals surface area contributed by atoms with Crippen LogP contribution in [0.1, 0.15) is 19.8 Å². The average Bonchev–Trinajstić information content (AvgIpc) is 2.96. The molecule has 140 valence electrons. The van der Waals surface area contributed by atoms with Crippen LogP contribution in [-0.2, 0) is 11.3 Å². The Balaban J connectivity index is 1.99. The minimum atomic E-state index is -2.54. The number of alkyl halides is 2. The highest BCUT2D eigenvalue weighted by Gasteiger charge is 2.11. The van der Waals surface area contributed by atoms with E-state index >= 15 is 0 Å². The molecule has 0 saturated heterocycles. The second-order valence-electron chi connectivity index (χ2n) is 5.39. The van der Waals surface area contributed by atoms with Crippen molar-refractivity contribution in [2.75, 3.05) is 16.0 Å². The number of rotatable bonds is 7. The van der Waals surface area contributed by atoms with E-state index in [4.69, 9.17) is 11.6 Å². The first kappa shape index (κ1) is 19.6. The van der Waals surface area contributed by atoms with Gasteiger partial charge >= 0.3 is 6.03 Å². The average molecular weight is 386 g/mol. The van der Waals surface area contributed by atoms with E-state index in [1.54, 1.807) is 6.07 Å². The van der Waals surface area contributed by atoms with Gasteiger partial charge in [-0.2, -0.15) is 5.10 Å². The number of benzene rings is 1. The van der Waals surface area contributed by atoms with Crippen LogP contribution in [0, 0.1) is 0 Å². The van der Waals surface area contributed by atoms with Gasteiger partial charge in [0.1, 0.15) is 6.54 Å². The Labute approximate surface area is 153 Å². The summed E-state index contributed by atoms with van der Waals surface area (Å²) in [6.07, 6.45) is -0.113. The summed E-state index contributed by atoms with van der Waals surface area (Å²) in [5.74, 6) is -0.0264. The van der Waals surface area contributed by atoms with Crippen LogP contribution in [0.2, 0.25) is 5.02 Å². The molecule has 0 radical (unpaired) electrons. The van der Waals surface area contributed by atoms with Gasteiger partial charge in [0.2, 0.25) is 5.91 Å². The van der Waals surface area contributed by atoms with Crippen molar-refractivity contribution in [2.24, 2.45) is 0 Å². The number of urea groups is 1. The van der Waals surface area contributed by atoms with Gasteiger partial charge in [-0.3, -0.25) is 14.8 Å². The Hall–Kier alpha value is -2.68. The molecule has 0 spiro atoms. The SMILES string of the molecule is CCCC(=O)Nc1ccc(Cl)c(NC(=O)Nc2ccn(CC(F)F)n2)c1. The molecule has 7 nitrogen and oxygen atoms in total. The normalized spacial score (nSPS) is 10.7. The molecule has 0 saturated carbocycles. The molecular weight excluding hydrogens is 368 g/mol. The maximum absolute atomic E-state index is 12.3. The number of hydrogen-bond donors (Lipinski definition) is 3. The van der Waals surface area contributed by atoms with Crippen LogP contribution in [0.5, 0.6) is 0 Å². The summed E-state index contributed by atoms with van der Waals surface area (Å²) < 4.78 is 25.6. The lowest BCUT2D eigenvalue weighted by Crippen LogP contribution is -2.20. The van der Waals surface area contributed by atoms with Crippen molar-refractivity contribution in [1.82, 2.24) is 9.78 Å². The second kappa shape index (κ2) is 9.14. The number of carbonyl (C=O) groups excluding carboxylic acids is 2. The number of aromatic nitrogens is 2. The Morgan fingerprint density at radius 1 is 1.23 bits per heavy atom. The number of hydrogen-bond acceptors (Lipinski definition) is 3. The predicted molar refractivity (Wildman–Crippen MR) is 95.9 cm³/mol. The summed E-state index contributed by atoms with van der Waals surface area (Å²) in [5.41, 5.74) is 0.773. The topological polar surface area (TPSA) is 88.0 Å². The molecule has 0 aliphatic rings. The zero-order valence-electron chi connectivity index (χ0n) is 13.9. The Morgan fingerprint density at radius 3 is 2.69 bits per heavy atom. The molecule has 2 rings (SSSR count). The van der Waals surface area contributed by atoms with Crippen molar-refractivity contribution in [1.29, 1.82) is 0 Å². The third-order valence-electron chi connectivity index (χ3n) is 3.18. The number of anilines is 3. The molecule has 26 heavy (non-hydrogen) atoms. The molecular formula is C16H18ClF2N5O2. The first-order chi connectivity index (χ1) is 12.4. The van der Waals surface area contributed by atoms with Crippen molar-refractivity contribution < 1.29 is 18.4 Å². The highest BCUT2D eigenvalue weighted by atomic mass is 35.5. The first-order valence-corrected chi connectivity index (χ1v) is 8.24. The van der Waals surface area contributed by atoms with Crippen molar-refractivity contribution in [3.05, 3.63) is 35.5 Å². The van der Waals surface area contributed by atoms with Crippen molar-refractivity contribution >= 4 is 40.7 Å². The first-order valence-electron chi connectivity index (χ1n) is 7.86. The van der Waals surface area contributed by atoms with Crippen LogP contribution in [-0.4, -0.2) is 28.1 Å². The molecule has 0 fully saturated rings. The fraction of sp³-hybridized carbons (Fsp3) is 0.312. The van der Waals surface area contributed by atoms with E-state index in [2.05, 4.69) is 21.0 Å². The molecule has 0 unspecified atom stereocenters. The minimum absolute atomic E-state index is 0.117. The maximum atomic E-state index is 12.3. The number of nitrogens with one attached hydrogen (secondary N) is 3. The van der Waals surface area contributed by atoms with E-state index in [0.29, 0.717) is 18.5 Å². The van der Waals surface area contributed by atoms with Crippen molar-refractivity contribution in [2.45, 2.75) is 32.7 Å². The van der Waals surface area contributed by atoms with Gasteiger partial charge in [0.15, 0.2) is 5.82 Å². The molecule has 3 N–H and O–H groups in total. The zero-order chi connectivity index (χ0) is 19.1. The van der Waals surface area contributed by atoms with Gasteiger partial charge in [0.05, 0.1) is 10.7 Å². The highest BCUT2D eigenvalue weighted by molar-refractivity contribution is 6.34. The van der Waals surface area contributed by atoms with E-state index in [9.17, 15) is 18.4 Å². The van der Waals surface area contributed by atoms with Crippen LogP contribution >= 0.6 is 11.6 Å². The molecule has 3 amide bonds. The van der Waals surface area contributed by atoms with Gasteiger partial charge in [-0.15, -0.1) is 0 Å². The fourth-order valence-corrected chi connectivity index (χ4v) is 2.26. The molecule has 10 heteroatoms. The minimum Gasteiger partial charge on any atom is -0.326 e. The van der Waals surface area contributed by atoms with Crippen molar-refractivity contribution in [3.63, 3.8) is 0 Å². The fourth-order valence-electron chi connectivity index (χ4n) is 2.09. The number of carbonyl (C=O) groups is 2. The van der Waals surface area contributed by atoms with Gasteiger partial charge in [0.25, 0.3) is 6.43 Å². The van der Waals surface area contributed by atoms with E-state index in [-0.39, 0.29) is 22.4 Å². The molecule has 0 bridgehead atoms. The second-order valence-corrected chi connectivity index (χ2v) is 5.79. The summed E-state index contributed by atoms with van der Waals surface area (Å²) in [6, 6.07) is 5.42. The van der Waals surface area contributed by atoms with E-state index in [0.717, 1.165) is 4.68 Å². The van der Waals surface area contributed by atoms with Gasteiger partial charge in [0, 0.05) is 24.4 Å². The third kappa shape index (κ3) is 5.99. The molecule has 0 aliphatic heterocycles. The largest absolute Gasteiger partial charge is 0.326 e. The van der Waals surface area contributed by atoms with Gasteiger partial charge < -0.3 is 10.6 Å². The van der Waals surface area contributed by atoms with Gasteiger partial charge in [-0.25, -0.2) is 13.6 Å². The van der Waals surface area contributed by atoms with E-state index in [1.807, 2.05) is 6.92 Å². The highest BCUT2D eigenvalue weighted by Crippen LogP contribution is 2.26. The van der Waals surface area contributed by atoms with Gasteiger partial charge in [-0.1, -0.05) is 18.5 Å². The van der Waals surface area contributed by atoms with Crippen LogP contribution < -0.4 is 16.0 Å². The molecule has 1 heterocycles. The predicted octanol–water partition coefficient (Wildman–Crippen LogP) is 4.18. The summed E-state index contributed by atoms with van der Waals surface area (Å²) in [5, 5.41) is 11.7. The molecule has 0 atom stereocenters. The lowest BCUT2D eigenvalue weighted by atomic mass is 10.2. The van der Waals surface area contributed by atoms with Crippen LogP contribution in [0.25, 0.3) is 0 Å². The number of halogens is 3. The summed E-state index contributed by atoms with van der Waals surface area (Å²) in [6.45, 7) is 1.33. The van der Waals surface area contributed by atoms with Crippen molar-refractivity contribution in [3.8, 4) is 0 Å². The van der Waals surface area contributed by atoms with E-state index in [1.165, 1.54) is 24.4 Å². The smallest absolute Gasteiger partial charge is 0.324 e. The lowest BCUT2D eigenvalue weighted by molar-refractivity contribution is -0.116. The summed E-state index contributed by atoms with van der Waals surface area (Å²) >= 11 is 6.04. The molecule has 1 aromatic carbocycles. The lowest BCUT2D eigenvalue weighted by Gasteiger charge is -2.10. The van der Waals surface area contributed by atoms with Crippen LogP contribution in [0.3, 0.4) is 0 Å². The Morgan fingerprint density at radius 2 is 2.00 bits per heavy atom. The molecule has 0 aliphatic carbocycles. The maximum Gasteiger partial charge on any atom is 0.324 e. The monoisotopic (exact) mass is 385 g/mol. The third-order valence-corrected chi connectivity index (χ3v) is 3.51. The Bertz CT molecular complexity index is 782. The van der Waals surface area contributed by atoms with Crippen LogP contribution in [0.15, 0.2) is 30.5 Å². The van der Waals surface area contributed by atoms with Crippen LogP contribution in [0.4, 0.5) is 30.8 Å². The quantitative estimate of drug-likeness (QED) is 0.668. The zero-order valence-corrected chi connectivity index (χ0v) is 14.7. The van der Waals surface area contributed by atoms with E-state index < -0.39 is 19.0 Å². The summed E-state index contributed by atoms with van der Waals surface area (Å²) in [7, 11) is 0. The molecule has 2 aromatic rings. The molecule has 1 aromatic heterocycles. The number of amides is 3.